The van der Waals surface area contributed by atoms with E-state index in [1.54, 1.807) is 38.2 Å². The number of benzene rings is 2. The topological polar surface area (TPSA) is 99.3 Å². The number of carbonyl (C=O) groups excluding carboxylic acids is 3. The van der Waals surface area contributed by atoms with Gasteiger partial charge in [0, 0.05) is 24.0 Å². The summed E-state index contributed by atoms with van der Waals surface area (Å²) in [5.74, 6) is -0.615. The van der Waals surface area contributed by atoms with E-state index in [1.807, 2.05) is 25.1 Å². The molecule has 0 spiro atoms. The van der Waals surface area contributed by atoms with Crippen molar-refractivity contribution < 1.29 is 14.4 Å². The van der Waals surface area contributed by atoms with Gasteiger partial charge in [-0.15, -0.1) is 0 Å². The van der Waals surface area contributed by atoms with Gasteiger partial charge in [0.05, 0.1) is 6.54 Å². The van der Waals surface area contributed by atoms with Crippen LogP contribution in [0, 0.1) is 13.8 Å². The molecule has 0 aliphatic carbocycles. The second-order valence-corrected chi connectivity index (χ2v) is 5.78. The van der Waals surface area contributed by atoms with Crippen molar-refractivity contribution in [2.45, 2.75) is 13.8 Å². The molecule has 4 amide bonds. The molecule has 2 rings (SSSR count). The maximum atomic E-state index is 12.1. The van der Waals surface area contributed by atoms with Crippen LogP contribution in [-0.4, -0.2) is 31.4 Å². The van der Waals surface area contributed by atoms with Crippen molar-refractivity contribution in [3.63, 3.8) is 0 Å². The SMILES string of the molecule is CNC(=O)c1cccc(NC(=O)CNC(=O)Nc2cccc(C)c2)c1C. The number of hydrogen-bond acceptors (Lipinski definition) is 3. The van der Waals surface area contributed by atoms with E-state index in [1.165, 1.54) is 0 Å². The lowest BCUT2D eigenvalue weighted by molar-refractivity contribution is -0.115. The summed E-state index contributed by atoms with van der Waals surface area (Å²) in [6.07, 6.45) is 0. The molecule has 0 aliphatic rings. The zero-order valence-electron chi connectivity index (χ0n) is 15.0. The molecular formula is C19H22N4O3. The Morgan fingerprint density at radius 1 is 0.962 bits per heavy atom. The van der Waals surface area contributed by atoms with Gasteiger partial charge in [0.2, 0.25) is 5.91 Å². The van der Waals surface area contributed by atoms with Gasteiger partial charge in [-0.05, 0) is 49.2 Å². The summed E-state index contributed by atoms with van der Waals surface area (Å²) >= 11 is 0. The zero-order chi connectivity index (χ0) is 19.1. The number of amides is 4. The molecule has 136 valence electrons. The van der Waals surface area contributed by atoms with Crippen molar-refractivity contribution in [1.29, 1.82) is 0 Å². The number of urea groups is 1. The molecule has 0 aromatic heterocycles. The van der Waals surface area contributed by atoms with Crippen LogP contribution in [0.4, 0.5) is 16.2 Å². The van der Waals surface area contributed by atoms with Crippen LogP contribution >= 0.6 is 0 Å². The zero-order valence-corrected chi connectivity index (χ0v) is 15.0. The van der Waals surface area contributed by atoms with Gasteiger partial charge >= 0.3 is 6.03 Å². The minimum absolute atomic E-state index is 0.193. The van der Waals surface area contributed by atoms with Crippen molar-refractivity contribution in [2.75, 3.05) is 24.2 Å². The molecule has 0 saturated heterocycles. The van der Waals surface area contributed by atoms with Crippen LogP contribution in [0.3, 0.4) is 0 Å². The lowest BCUT2D eigenvalue weighted by Crippen LogP contribution is -2.36. The van der Waals surface area contributed by atoms with Crippen LogP contribution in [0.15, 0.2) is 42.5 Å². The molecule has 0 heterocycles. The molecule has 7 nitrogen and oxygen atoms in total. The average molecular weight is 354 g/mol. The number of hydrogen-bond donors (Lipinski definition) is 4. The first-order valence-corrected chi connectivity index (χ1v) is 8.13. The Morgan fingerprint density at radius 2 is 1.69 bits per heavy atom. The lowest BCUT2D eigenvalue weighted by atomic mass is 10.1. The third-order valence-corrected chi connectivity index (χ3v) is 3.77. The Hall–Kier alpha value is -3.35. The van der Waals surface area contributed by atoms with Crippen LogP contribution < -0.4 is 21.3 Å². The Labute approximate surface area is 152 Å². The Balaban J connectivity index is 1.91. The molecule has 0 unspecified atom stereocenters. The number of anilines is 2. The first-order valence-electron chi connectivity index (χ1n) is 8.13. The van der Waals surface area contributed by atoms with Gasteiger partial charge in [-0.3, -0.25) is 9.59 Å². The standard InChI is InChI=1S/C19H22N4O3/c1-12-6-4-7-14(10-12)22-19(26)21-11-17(24)23-16-9-5-8-15(13(16)2)18(25)20-3/h4-10H,11H2,1-3H3,(H,20,25)(H,23,24)(H2,21,22,26). The minimum atomic E-state index is -0.471. The molecule has 0 aliphatic heterocycles. The molecular weight excluding hydrogens is 332 g/mol. The maximum Gasteiger partial charge on any atom is 0.319 e. The highest BCUT2D eigenvalue weighted by molar-refractivity contribution is 6.00. The van der Waals surface area contributed by atoms with E-state index in [9.17, 15) is 14.4 Å². The second kappa shape index (κ2) is 8.66. The number of carbonyl (C=O) groups is 3. The van der Waals surface area contributed by atoms with Gasteiger partial charge in [0.15, 0.2) is 0 Å². The van der Waals surface area contributed by atoms with Gasteiger partial charge in [0.1, 0.15) is 0 Å². The Bertz CT molecular complexity index is 833. The summed E-state index contributed by atoms with van der Waals surface area (Å²) in [6.45, 7) is 3.48. The highest BCUT2D eigenvalue weighted by Gasteiger charge is 2.12. The number of rotatable bonds is 5. The van der Waals surface area contributed by atoms with Gasteiger partial charge in [-0.25, -0.2) is 4.79 Å². The van der Waals surface area contributed by atoms with Crippen molar-refractivity contribution in [1.82, 2.24) is 10.6 Å². The van der Waals surface area contributed by atoms with Gasteiger partial charge < -0.3 is 21.3 Å². The van der Waals surface area contributed by atoms with Crippen molar-refractivity contribution in [3.05, 3.63) is 59.2 Å². The predicted molar refractivity (Wildman–Crippen MR) is 101 cm³/mol. The normalized spacial score (nSPS) is 9.96. The third-order valence-electron chi connectivity index (χ3n) is 3.77. The van der Waals surface area contributed by atoms with E-state index in [0.29, 0.717) is 22.5 Å². The Morgan fingerprint density at radius 3 is 2.38 bits per heavy atom. The second-order valence-electron chi connectivity index (χ2n) is 5.78. The maximum absolute atomic E-state index is 12.1. The minimum Gasteiger partial charge on any atom is -0.355 e. The molecule has 2 aromatic rings. The summed E-state index contributed by atoms with van der Waals surface area (Å²) in [4.78, 5) is 35.7. The van der Waals surface area contributed by atoms with Gasteiger partial charge in [-0.1, -0.05) is 18.2 Å². The van der Waals surface area contributed by atoms with Gasteiger partial charge in [-0.2, -0.15) is 0 Å². The van der Waals surface area contributed by atoms with Crippen LogP contribution in [0.5, 0.6) is 0 Å². The molecule has 0 saturated carbocycles. The summed E-state index contributed by atoms with van der Waals surface area (Å²) in [5.41, 5.74) is 3.33. The summed E-state index contributed by atoms with van der Waals surface area (Å²) in [7, 11) is 1.55. The van der Waals surface area contributed by atoms with Crippen LogP contribution in [0.1, 0.15) is 21.5 Å². The molecule has 4 N–H and O–H groups in total. The lowest BCUT2D eigenvalue weighted by Gasteiger charge is -2.12. The molecule has 0 fully saturated rings. The van der Waals surface area contributed by atoms with Crippen LogP contribution in [-0.2, 0) is 4.79 Å². The van der Waals surface area contributed by atoms with E-state index in [2.05, 4.69) is 21.3 Å². The molecule has 0 bridgehead atoms. The average Bonchev–Trinajstić information content (AvgIpc) is 2.61. The van der Waals surface area contributed by atoms with E-state index in [4.69, 9.17) is 0 Å². The first-order chi connectivity index (χ1) is 12.4. The fourth-order valence-corrected chi connectivity index (χ4v) is 2.40. The smallest absolute Gasteiger partial charge is 0.319 e. The summed E-state index contributed by atoms with van der Waals surface area (Å²) in [6, 6.07) is 11.9. The van der Waals surface area contributed by atoms with Crippen LogP contribution in [0.25, 0.3) is 0 Å². The first kappa shape index (κ1) is 19.0. The molecule has 7 heteroatoms. The monoisotopic (exact) mass is 354 g/mol. The van der Waals surface area contributed by atoms with Crippen molar-refractivity contribution >= 4 is 29.2 Å². The van der Waals surface area contributed by atoms with E-state index < -0.39 is 6.03 Å². The van der Waals surface area contributed by atoms with E-state index in [0.717, 1.165) is 5.56 Å². The fraction of sp³-hybridized carbons (Fsp3) is 0.211. The summed E-state index contributed by atoms with van der Waals surface area (Å²) in [5, 5.41) is 10.4. The summed E-state index contributed by atoms with van der Waals surface area (Å²) < 4.78 is 0. The highest BCUT2D eigenvalue weighted by Crippen LogP contribution is 2.18. The largest absolute Gasteiger partial charge is 0.355 e. The Kier molecular flexibility index (Phi) is 6.32. The van der Waals surface area contributed by atoms with Crippen molar-refractivity contribution in [2.24, 2.45) is 0 Å². The highest BCUT2D eigenvalue weighted by atomic mass is 16.2. The van der Waals surface area contributed by atoms with Gasteiger partial charge in [0.25, 0.3) is 5.91 Å². The van der Waals surface area contributed by atoms with E-state index in [-0.39, 0.29) is 18.4 Å². The van der Waals surface area contributed by atoms with E-state index >= 15 is 0 Å². The van der Waals surface area contributed by atoms with Crippen LogP contribution in [0.2, 0.25) is 0 Å². The number of nitrogens with one attached hydrogen (secondary N) is 4. The number of aryl methyl sites for hydroxylation is 1. The molecule has 2 aromatic carbocycles. The third kappa shape index (κ3) is 5.07. The van der Waals surface area contributed by atoms with Crippen molar-refractivity contribution in [3.8, 4) is 0 Å². The molecule has 0 radical (unpaired) electrons. The predicted octanol–water partition coefficient (Wildman–Crippen LogP) is 2.42. The molecule has 26 heavy (non-hydrogen) atoms. The fourth-order valence-electron chi connectivity index (χ4n) is 2.40. The quantitative estimate of drug-likeness (QED) is 0.663. The molecule has 0 atom stereocenters.